The highest BCUT2D eigenvalue weighted by molar-refractivity contribution is 5.89. The van der Waals surface area contributed by atoms with E-state index in [0.29, 0.717) is 25.6 Å². The number of rotatable bonds is 3. The van der Waals surface area contributed by atoms with Crippen LogP contribution in [-0.4, -0.2) is 84.9 Å². The van der Waals surface area contributed by atoms with Crippen LogP contribution in [-0.2, 0) is 9.59 Å². The Labute approximate surface area is 138 Å². The van der Waals surface area contributed by atoms with Crippen molar-refractivity contribution < 1.29 is 9.59 Å². The quantitative estimate of drug-likeness (QED) is 0.777. The van der Waals surface area contributed by atoms with Gasteiger partial charge in [0.25, 0.3) is 0 Å². The molecule has 1 N–H and O–H groups in total. The molecule has 126 valence electrons. The number of carbonyl (C=O) groups excluding carboxylic acids is 2. The molecule has 2 amide bonds. The molecule has 7 heteroatoms. The van der Waals surface area contributed by atoms with Crippen molar-refractivity contribution in [2.45, 2.75) is 25.8 Å². The zero-order valence-corrected chi connectivity index (χ0v) is 14.1. The van der Waals surface area contributed by atoms with E-state index in [1.54, 1.807) is 4.90 Å². The molecular weight excluding hydrogens is 304 g/mol. The van der Waals surface area contributed by atoms with Crippen molar-refractivity contribution in [3.05, 3.63) is 0 Å². The molecule has 0 aromatic rings. The minimum absolute atomic E-state index is 0. The minimum atomic E-state index is -0.112. The topological polar surface area (TPSA) is 55.9 Å². The lowest BCUT2D eigenvalue weighted by Crippen LogP contribution is -2.49. The first-order valence-corrected chi connectivity index (χ1v) is 8.20. The Hall–Kier alpha value is -0.850. The number of carbonyl (C=O) groups is 2. The van der Waals surface area contributed by atoms with E-state index in [2.05, 4.69) is 10.2 Å². The fourth-order valence-electron chi connectivity index (χ4n) is 3.79. The van der Waals surface area contributed by atoms with Gasteiger partial charge >= 0.3 is 0 Å². The van der Waals surface area contributed by atoms with Gasteiger partial charge in [-0.3, -0.25) is 14.5 Å². The first-order valence-electron chi connectivity index (χ1n) is 8.20. The molecule has 0 aromatic carbocycles. The largest absolute Gasteiger partial charge is 0.342 e. The van der Waals surface area contributed by atoms with Gasteiger partial charge in [0, 0.05) is 64.8 Å². The van der Waals surface area contributed by atoms with Crippen molar-refractivity contribution >= 4 is 24.2 Å². The molecule has 3 saturated heterocycles. The molecule has 3 fully saturated rings. The second-order valence-electron chi connectivity index (χ2n) is 6.35. The van der Waals surface area contributed by atoms with Crippen LogP contribution in [0.4, 0.5) is 0 Å². The molecule has 3 heterocycles. The number of halogens is 1. The zero-order chi connectivity index (χ0) is 14.8. The summed E-state index contributed by atoms with van der Waals surface area (Å²) in [5.74, 6) is 0.213. The maximum Gasteiger partial charge on any atom is 0.228 e. The standard InChI is InChI=1S/C15H26N4O2.ClH/c1-2-17-10-12(9-14(17)20)15(21)19-6-3-13(11-19)18-7-4-16-5-8-18;/h12-13,16H,2-11H2,1H3;1H. The van der Waals surface area contributed by atoms with Crippen LogP contribution in [0.1, 0.15) is 19.8 Å². The van der Waals surface area contributed by atoms with Crippen LogP contribution in [0, 0.1) is 5.92 Å². The molecular formula is C15H27ClN4O2. The number of amides is 2. The average molecular weight is 331 g/mol. The highest BCUT2D eigenvalue weighted by Crippen LogP contribution is 2.23. The van der Waals surface area contributed by atoms with Crippen molar-refractivity contribution in [2.24, 2.45) is 5.92 Å². The van der Waals surface area contributed by atoms with Crippen LogP contribution in [0.15, 0.2) is 0 Å². The van der Waals surface area contributed by atoms with Gasteiger partial charge in [-0.2, -0.15) is 0 Å². The van der Waals surface area contributed by atoms with Crippen LogP contribution in [0.3, 0.4) is 0 Å². The molecule has 0 radical (unpaired) electrons. The van der Waals surface area contributed by atoms with Crippen LogP contribution in [0.2, 0.25) is 0 Å². The summed E-state index contributed by atoms with van der Waals surface area (Å²) in [6, 6.07) is 0.510. The van der Waals surface area contributed by atoms with E-state index >= 15 is 0 Å². The fourth-order valence-corrected chi connectivity index (χ4v) is 3.79. The van der Waals surface area contributed by atoms with E-state index in [1.165, 1.54) is 0 Å². The van der Waals surface area contributed by atoms with Crippen molar-refractivity contribution in [2.75, 3.05) is 52.4 Å². The number of nitrogens with one attached hydrogen (secondary N) is 1. The van der Waals surface area contributed by atoms with Gasteiger partial charge in [0.15, 0.2) is 0 Å². The van der Waals surface area contributed by atoms with Crippen LogP contribution >= 0.6 is 12.4 Å². The van der Waals surface area contributed by atoms with E-state index in [0.717, 1.165) is 45.7 Å². The third kappa shape index (κ3) is 3.55. The van der Waals surface area contributed by atoms with Gasteiger partial charge in [0.1, 0.15) is 0 Å². The molecule has 0 saturated carbocycles. The van der Waals surface area contributed by atoms with E-state index in [9.17, 15) is 9.59 Å². The molecule has 0 bridgehead atoms. The Morgan fingerprint density at radius 1 is 1.23 bits per heavy atom. The average Bonchev–Trinajstić information content (AvgIpc) is 3.14. The SMILES string of the molecule is CCN1CC(C(=O)N2CCC(N3CCNCC3)C2)CC1=O.Cl. The Balaban J connectivity index is 0.00000176. The summed E-state index contributed by atoms with van der Waals surface area (Å²) in [5, 5.41) is 3.37. The van der Waals surface area contributed by atoms with Crippen LogP contribution in [0.25, 0.3) is 0 Å². The van der Waals surface area contributed by atoms with Crippen molar-refractivity contribution in [1.29, 1.82) is 0 Å². The number of hydrogen-bond acceptors (Lipinski definition) is 4. The lowest BCUT2D eigenvalue weighted by Gasteiger charge is -2.32. The monoisotopic (exact) mass is 330 g/mol. The Kier molecular flexibility index (Phi) is 6.06. The minimum Gasteiger partial charge on any atom is -0.342 e. The molecule has 3 aliphatic rings. The highest BCUT2D eigenvalue weighted by Gasteiger charge is 2.38. The normalized spacial score (nSPS) is 29.8. The number of nitrogens with zero attached hydrogens (tertiary/aromatic N) is 3. The molecule has 3 rings (SSSR count). The molecule has 2 unspecified atom stereocenters. The van der Waals surface area contributed by atoms with Gasteiger partial charge < -0.3 is 15.1 Å². The maximum absolute atomic E-state index is 12.6. The summed E-state index contributed by atoms with van der Waals surface area (Å²) < 4.78 is 0. The molecule has 0 aliphatic carbocycles. The van der Waals surface area contributed by atoms with E-state index in [1.807, 2.05) is 11.8 Å². The summed E-state index contributed by atoms with van der Waals surface area (Å²) in [6.45, 7) is 9.26. The Morgan fingerprint density at radius 3 is 2.59 bits per heavy atom. The second-order valence-corrected chi connectivity index (χ2v) is 6.35. The lowest BCUT2D eigenvalue weighted by atomic mass is 10.1. The molecule has 3 aliphatic heterocycles. The van der Waals surface area contributed by atoms with Crippen LogP contribution < -0.4 is 5.32 Å². The first-order chi connectivity index (χ1) is 10.2. The smallest absolute Gasteiger partial charge is 0.228 e. The van der Waals surface area contributed by atoms with Gasteiger partial charge in [0.05, 0.1) is 5.92 Å². The molecule has 0 spiro atoms. The van der Waals surface area contributed by atoms with Gasteiger partial charge in [-0.15, -0.1) is 12.4 Å². The third-order valence-electron chi connectivity index (χ3n) is 5.09. The molecule has 6 nitrogen and oxygen atoms in total. The predicted molar refractivity (Wildman–Crippen MR) is 87.0 cm³/mol. The number of likely N-dealkylation sites (tertiary alicyclic amines) is 2. The van der Waals surface area contributed by atoms with Crippen molar-refractivity contribution in [3.8, 4) is 0 Å². The van der Waals surface area contributed by atoms with Gasteiger partial charge in [0.2, 0.25) is 11.8 Å². The van der Waals surface area contributed by atoms with Gasteiger partial charge in [-0.1, -0.05) is 0 Å². The fraction of sp³-hybridized carbons (Fsp3) is 0.867. The van der Waals surface area contributed by atoms with E-state index in [4.69, 9.17) is 0 Å². The summed E-state index contributed by atoms with van der Waals surface area (Å²) in [7, 11) is 0. The maximum atomic E-state index is 12.6. The first kappa shape index (κ1) is 17.5. The second kappa shape index (κ2) is 7.62. The van der Waals surface area contributed by atoms with Crippen LogP contribution in [0.5, 0.6) is 0 Å². The van der Waals surface area contributed by atoms with Gasteiger partial charge in [-0.25, -0.2) is 0 Å². The van der Waals surface area contributed by atoms with Crippen molar-refractivity contribution in [1.82, 2.24) is 20.0 Å². The molecule has 2 atom stereocenters. The predicted octanol–water partition coefficient (Wildman–Crippen LogP) is -0.217. The van der Waals surface area contributed by atoms with E-state index in [-0.39, 0.29) is 30.1 Å². The summed E-state index contributed by atoms with van der Waals surface area (Å²) in [5.41, 5.74) is 0. The molecule has 22 heavy (non-hydrogen) atoms. The molecule has 0 aromatic heterocycles. The number of hydrogen-bond donors (Lipinski definition) is 1. The van der Waals surface area contributed by atoms with E-state index < -0.39 is 0 Å². The Bertz CT molecular complexity index is 414. The zero-order valence-electron chi connectivity index (χ0n) is 13.3. The highest BCUT2D eigenvalue weighted by atomic mass is 35.5. The summed E-state index contributed by atoms with van der Waals surface area (Å²) >= 11 is 0. The Morgan fingerprint density at radius 2 is 1.95 bits per heavy atom. The summed E-state index contributed by atoms with van der Waals surface area (Å²) in [4.78, 5) is 30.7. The third-order valence-corrected chi connectivity index (χ3v) is 5.09. The lowest BCUT2D eigenvalue weighted by molar-refractivity contribution is -0.135. The number of piperazine rings is 1. The van der Waals surface area contributed by atoms with Gasteiger partial charge in [-0.05, 0) is 13.3 Å². The summed E-state index contributed by atoms with van der Waals surface area (Å²) in [6.07, 6.45) is 1.48. The van der Waals surface area contributed by atoms with Crippen molar-refractivity contribution in [3.63, 3.8) is 0 Å².